The summed E-state index contributed by atoms with van der Waals surface area (Å²) >= 11 is 0. The van der Waals surface area contributed by atoms with E-state index in [1.54, 1.807) is 24.3 Å². The Bertz CT molecular complexity index is 1290. The van der Waals surface area contributed by atoms with Gasteiger partial charge in [0.1, 0.15) is 28.8 Å². The number of benzene rings is 3. The van der Waals surface area contributed by atoms with Crippen molar-refractivity contribution in [3.63, 3.8) is 0 Å². The van der Waals surface area contributed by atoms with Crippen LogP contribution in [0.4, 0.5) is 10.1 Å². The van der Waals surface area contributed by atoms with E-state index in [9.17, 15) is 24.2 Å². The number of amides is 1. The van der Waals surface area contributed by atoms with Crippen molar-refractivity contribution in [3.05, 3.63) is 89.2 Å². The lowest BCUT2D eigenvalue weighted by Crippen LogP contribution is -2.29. The molecule has 0 bridgehead atoms. The monoisotopic (exact) mass is 449 g/mol. The van der Waals surface area contributed by atoms with Gasteiger partial charge in [-0.15, -0.1) is 0 Å². The van der Waals surface area contributed by atoms with Gasteiger partial charge < -0.3 is 19.7 Å². The largest absolute Gasteiger partial charge is 0.507 e. The molecule has 1 aliphatic heterocycles. The van der Waals surface area contributed by atoms with E-state index in [2.05, 4.69) is 0 Å². The minimum absolute atomic E-state index is 0.00418. The summed E-state index contributed by atoms with van der Waals surface area (Å²) in [6.07, 6.45) is 0. The molecule has 0 spiro atoms. The van der Waals surface area contributed by atoms with Gasteiger partial charge in [-0.1, -0.05) is 30.3 Å². The van der Waals surface area contributed by atoms with Crippen molar-refractivity contribution in [2.75, 3.05) is 19.1 Å². The number of hydrogen-bond acceptors (Lipinski definition) is 6. The number of phenols is 1. The van der Waals surface area contributed by atoms with E-state index in [0.29, 0.717) is 5.75 Å². The van der Waals surface area contributed by atoms with Crippen LogP contribution >= 0.6 is 0 Å². The van der Waals surface area contributed by atoms with Crippen LogP contribution in [0.25, 0.3) is 5.76 Å². The summed E-state index contributed by atoms with van der Waals surface area (Å²) in [4.78, 5) is 27.3. The van der Waals surface area contributed by atoms with E-state index in [1.807, 2.05) is 0 Å². The Morgan fingerprint density at radius 1 is 0.970 bits per heavy atom. The van der Waals surface area contributed by atoms with Gasteiger partial charge in [0.25, 0.3) is 11.7 Å². The molecule has 1 saturated heterocycles. The van der Waals surface area contributed by atoms with Crippen molar-refractivity contribution in [1.29, 1.82) is 0 Å². The summed E-state index contributed by atoms with van der Waals surface area (Å²) in [5.41, 5.74) is -0.277. The third kappa shape index (κ3) is 3.65. The Labute approximate surface area is 188 Å². The van der Waals surface area contributed by atoms with Crippen LogP contribution in [-0.2, 0) is 9.59 Å². The molecule has 0 aromatic heterocycles. The molecule has 3 aromatic carbocycles. The predicted molar refractivity (Wildman–Crippen MR) is 119 cm³/mol. The normalized spacial score (nSPS) is 17.3. The molecule has 33 heavy (non-hydrogen) atoms. The Hall–Kier alpha value is -4.33. The summed E-state index contributed by atoms with van der Waals surface area (Å²) in [6, 6.07) is 14.8. The maximum atomic E-state index is 14.9. The number of anilines is 1. The molecule has 168 valence electrons. The Morgan fingerprint density at radius 3 is 2.33 bits per heavy atom. The van der Waals surface area contributed by atoms with E-state index < -0.39 is 29.3 Å². The third-order valence-corrected chi connectivity index (χ3v) is 5.45. The molecule has 3 aromatic rings. The minimum atomic E-state index is -1.34. The molecule has 7 nitrogen and oxygen atoms in total. The van der Waals surface area contributed by atoms with Gasteiger partial charge >= 0.3 is 0 Å². The molecule has 8 heteroatoms. The Kier molecular flexibility index (Phi) is 5.74. The number of rotatable bonds is 5. The van der Waals surface area contributed by atoms with E-state index in [0.717, 1.165) is 4.90 Å². The van der Waals surface area contributed by atoms with Gasteiger partial charge in [-0.25, -0.2) is 4.39 Å². The molecule has 2 N–H and O–H groups in total. The Morgan fingerprint density at radius 2 is 1.67 bits per heavy atom. The zero-order valence-corrected chi connectivity index (χ0v) is 17.8. The zero-order valence-electron chi connectivity index (χ0n) is 17.8. The van der Waals surface area contributed by atoms with Crippen molar-refractivity contribution in [3.8, 4) is 17.2 Å². The number of phenolic OH excluding ortho intramolecular Hbond substituents is 1. The van der Waals surface area contributed by atoms with Gasteiger partial charge in [-0.3, -0.25) is 14.5 Å². The maximum absolute atomic E-state index is 14.9. The molecule has 1 fully saturated rings. The number of ether oxygens (including phenoxy) is 2. The number of para-hydroxylation sites is 2. The number of carbonyl (C=O) groups is 2. The lowest BCUT2D eigenvalue weighted by Gasteiger charge is -2.26. The van der Waals surface area contributed by atoms with E-state index >= 15 is 0 Å². The highest BCUT2D eigenvalue weighted by atomic mass is 19.1. The number of aliphatic hydroxyl groups excluding tert-OH is 1. The third-order valence-electron chi connectivity index (χ3n) is 5.45. The van der Waals surface area contributed by atoms with Gasteiger partial charge in [0, 0.05) is 5.56 Å². The van der Waals surface area contributed by atoms with E-state index in [-0.39, 0.29) is 33.9 Å². The van der Waals surface area contributed by atoms with Crippen molar-refractivity contribution in [1.82, 2.24) is 0 Å². The quantitative estimate of drug-likeness (QED) is 0.345. The van der Waals surface area contributed by atoms with Gasteiger partial charge in [-0.05, 0) is 36.4 Å². The molecule has 1 aliphatic rings. The highest BCUT2D eigenvalue weighted by molar-refractivity contribution is 6.52. The second-order valence-electron chi connectivity index (χ2n) is 7.25. The summed E-state index contributed by atoms with van der Waals surface area (Å²) in [6.45, 7) is 0. The first-order valence-electron chi connectivity index (χ1n) is 9.94. The standard InChI is InChI=1S/C25H20FNO6/c1-32-14-11-12-20(33-2)16(13-14)23(29)21-22(15-7-3-4-8-17(15)26)27(25(31)24(21)30)18-9-5-6-10-19(18)28/h3-13,22,28-29H,1-2H3/b23-21+. The van der Waals surface area contributed by atoms with Crippen LogP contribution in [-0.4, -0.2) is 36.1 Å². The SMILES string of the molecule is COc1ccc(OC)c(/C(O)=C2\C(=O)C(=O)N(c3ccccc3O)C2c2ccccc2F)c1. The molecule has 0 aliphatic carbocycles. The zero-order chi connectivity index (χ0) is 23.7. The van der Waals surface area contributed by atoms with Crippen LogP contribution in [0.5, 0.6) is 17.2 Å². The first-order valence-corrected chi connectivity index (χ1v) is 9.94. The fourth-order valence-corrected chi connectivity index (χ4v) is 3.88. The van der Waals surface area contributed by atoms with E-state index in [4.69, 9.17) is 9.47 Å². The van der Waals surface area contributed by atoms with Crippen molar-refractivity contribution in [2.45, 2.75) is 6.04 Å². The van der Waals surface area contributed by atoms with Crippen LogP contribution in [0, 0.1) is 5.82 Å². The molecule has 1 amide bonds. The number of aromatic hydroxyl groups is 1. The van der Waals surface area contributed by atoms with E-state index in [1.165, 1.54) is 56.7 Å². The molecule has 1 atom stereocenters. The molecule has 0 saturated carbocycles. The number of aliphatic hydroxyl groups is 1. The first-order chi connectivity index (χ1) is 15.9. The average molecular weight is 449 g/mol. The maximum Gasteiger partial charge on any atom is 0.300 e. The van der Waals surface area contributed by atoms with Crippen LogP contribution < -0.4 is 14.4 Å². The number of halogens is 1. The fourth-order valence-electron chi connectivity index (χ4n) is 3.88. The highest BCUT2D eigenvalue weighted by Gasteiger charge is 2.48. The number of methoxy groups -OCH3 is 2. The van der Waals surface area contributed by atoms with Crippen molar-refractivity contribution >= 4 is 23.1 Å². The smallest absolute Gasteiger partial charge is 0.300 e. The second-order valence-corrected chi connectivity index (χ2v) is 7.25. The molecule has 1 unspecified atom stereocenters. The summed E-state index contributed by atoms with van der Waals surface area (Å²) in [5, 5.41) is 21.6. The van der Waals surface area contributed by atoms with Gasteiger partial charge in [0.05, 0.1) is 37.1 Å². The lowest BCUT2D eigenvalue weighted by molar-refractivity contribution is -0.132. The Balaban J connectivity index is 2.03. The number of Topliss-reactive ketones (excluding diaryl/α,β-unsaturated/α-hetero) is 1. The minimum Gasteiger partial charge on any atom is -0.507 e. The average Bonchev–Trinajstić information content (AvgIpc) is 3.09. The molecular formula is C25H20FNO6. The molecule has 4 rings (SSSR count). The van der Waals surface area contributed by atoms with Crippen LogP contribution in [0.1, 0.15) is 17.2 Å². The predicted octanol–water partition coefficient (Wildman–Crippen LogP) is 4.17. The summed E-state index contributed by atoms with van der Waals surface area (Å²) in [7, 11) is 2.82. The van der Waals surface area contributed by atoms with Crippen molar-refractivity contribution in [2.24, 2.45) is 0 Å². The van der Waals surface area contributed by atoms with Crippen LogP contribution in [0.15, 0.2) is 72.3 Å². The van der Waals surface area contributed by atoms with Crippen molar-refractivity contribution < 1.29 is 33.7 Å². The van der Waals surface area contributed by atoms with Gasteiger partial charge in [-0.2, -0.15) is 0 Å². The second kappa shape index (κ2) is 8.66. The molecule has 1 heterocycles. The number of carbonyl (C=O) groups excluding carboxylic acids is 2. The fraction of sp³-hybridized carbons (Fsp3) is 0.120. The summed E-state index contributed by atoms with van der Waals surface area (Å²) in [5.74, 6) is -2.99. The number of hydrogen-bond donors (Lipinski definition) is 2. The van der Waals surface area contributed by atoms with Crippen LogP contribution in [0.3, 0.4) is 0 Å². The topological polar surface area (TPSA) is 96.3 Å². The number of nitrogens with zero attached hydrogens (tertiary/aromatic N) is 1. The first kappa shape index (κ1) is 21.9. The molecule has 0 radical (unpaired) electrons. The van der Waals surface area contributed by atoms with Gasteiger partial charge in [0.15, 0.2) is 0 Å². The highest BCUT2D eigenvalue weighted by Crippen LogP contribution is 2.46. The lowest BCUT2D eigenvalue weighted by atomic mass is 9.94. The van der Waals surface area contributed by atoms with Gasteiger partial charge in [0.2, 0.25) is 0 Å². The van der Waals surface area contributed by atoms with Crippen LogP contribution in [0.2, 0.25) is 0 Å². The number of ketones is 1. The molecular weight excluding hydrogens is 429 g/mol. The summed E-state index contributed by atoms with van der Waals surface area (Å²) < 4.78 is 25.4.